The monoisotopic (exact) mass is 518 g/mol. The molecular formula is C26H16Br2O2. The quantitative estimate of drug-likeness (QED) is 0.360. The van der Waals surface area contributed by atoms with Crippen molar-refractivity contribution in [2.24, 2.45) is 10.8 Å². The van der Waals surface area contributed by atoms with Gasteiger partial charge in [-0.2, -0.15) is 0 Å². The highest BCUT2D eigenvalue weighted by Crippen LogP contribution is 2.75. The lowest BCUT2D eigenvalue weighted by Crippen LogP contribution is -2.44. The van der Waals surface area contributed by atoms with E-state index in [0.717, 1.165) is 44.5 Å². The van der Waals surface area contributed by atoms with Gasteiger partial charge in [-0.3, -0.25) is 9.59 Å². The Kier molecular flexibility index (Phi) is 3.54. The minimum absolute atomic E-state index is 0.0999. The highest BCUT2D eigenvalue weighted by Gasteiger charge is 2.69. The van der Waals surface area contributed by atoms with Crippen LogP contribution in [0, 0.1) is 10.8 Å². The molecule has 0 unspecified atom stereocenters. The SMILES string of the molecule is C[C@@]12C(=O)c3cccc4c3[C@@H]1[C@H]1c3c(cccc3C2=C=CBr)C(=O)[C@@]1(C)C4=C=CBr. The van der Waals surface area contributed by atoms with Gasteiger partial charge in [0.1, 0.15) is 0 Å². The number of ketones is 2. The molecule has 0 amide bonds. The van der Waals surface area contributed by atoms with Gasteiger partial charge in [0.25, 0.3) is 0 Å². The zero-order chi connectivity index (χ0) is 21.0. The molecule has 4 aliphatic carbocycles. The summed E-state index contributed by atoms with van der Waals surface area (Å²) in [5, 5.41) is 0. The van der Waals surface area contributed by atoms with E-state index in [2.05, 4.69) is 43.3 Å². The molecule has 0 saturated carbocycles. The van der Waals surface area contributed by atoms with Gasteiger partial charge in [0, 0.05) is 44.1 Å². The third-order valence-electron chi connectivity index (χ3n) is 7.82. The van der Waals surface area contributed by atoms with Gasteiger partial charge in [0.15, 0.2) is 11.6 Å². The Bertz CT molecular complexity index is 1260. The van der Waals surface area contributed by atoms with Crippen LogP contribution in [0.25, 0.3) is 11.1 Å². The van der Waals surface area contributed by atoms with Crippen LogP contribution in [-0.2, 0) is 0 Å². The predicted octanol–water partition coefficient (Wildman–Crippen LogP) is 6.77. The summed E-state index contributed by atoms with van der Waals surface area (Å²) < 4.78 is 0. The van der Waals surface area contributed by atoms with Crippen LogP contribution in [0.1, 0.15) is 68.7 Å². The molecule has 2 nitrogen and oxygen atoms in total. The molecule has 0 aliphatic heterocycles. The van der Waals surface area contributed by atoms with Crippen molar-refractivity contribution in [3.05, 3.63) is 91.2 Å². The van der Waals surface area contributed by atoms with Crippen LogP contribution in [0.2, 0.25) is 0 Å². The summed E-state index contributed by atoms with van der Waals surface area (Å²) in [4.78, 5) is 31.2. The van der Waals surface area contributed by atoms with Gasteiger partial charge >= 0.3 is 0 Å². The number of benzene rings is 2. The van der Waals surface area contributed by atoms with E-state index in [0.29, 0.717) is 0 Å². The van der Waals surface area contributed by atoms with E-state index in [9.17, 15) is 9.59 Å². The van der Waals surface area contributed by atoms with Crippen LogP contribution < -0.4 is 0 Å². The minimum atomic E-state index is -0.769. The summed E-state index contributed by atoms with van der Waals surface area (Å²) in [7, 11) is 0. The molecule has 0 fully saturated rings. The molecule has 0 radical (unpaired) electrons. The Hall–Kier alpha value is -2.22. The van der Waals surface area contributed by atoms with Crippen molar-refractivity contribution in [3.8, 4) is 0 Å². The largest absolute Gasteiger partial charge is 0.293 e. The molecule has 0 heterocycles. The van der Waals surface area contributed by atoms with E-state index in [4.69, 9.17) is 0 Å². The van der Waals surface area contributed by atoms with Gasteiger partial charge in [-0.1, -0.05) is 68.3 Å². The van der Waals surface area contributed by atoms with E-state index < -0.39 is 10.8 Å². The summed E-state index contributed by atoms with van der Waals surface area (Å²) in [6.07, 6.45) is 0. The topological polar surface area (TPSA) is 34.1 Å². The molecular weight excluding hydrogens is 504 g/mol. The van der Waals surface area contributed by atoms with Gasteiger partial charge in [0.05, 0.1) is 10.8 Å². The van der Waals surface area contributed by atoms with E-state index in [1.807, 2.05) is 50.2 Å². The van der Waals surface area contributed by atoms with Gasteiger partial charge in [-0.25, -0.2) is 0 Å². The molecule has 4 heteroatoms. The third kappa shape index (κ3) is 1.73. The Morgan fingerprint density at radius 1 is 0.733 bits per heavy atom. The smallest absolute Gasteiger partial charge is 0.174 e. The summed E-state index contributed by atoms with van der Waals surface area (Å²) >= 11 is 6.76. The first-order valence-corrected chi connectivity index (χ1v) is 11.7. The van der Waals surface area contributed by atoms with Crippen molar-refractivity contribution >= 4 is 54.6 Å². The first-order valence-electron chi connectivity index (χ1n) is 9.90. The number of rotatable bonds is 0. The molecule has 0 aromatic heterocycles. The maximum absolute atomic E-state index is 13.9. The normalized spacial score (nSPS) is 31.3. The first-order chi connectivity index (χ1) is 14.4. The van der Waals surface area contributed by atoms with Crippen molar-refractivity contribution in [2.75, 3.05) is 0 Å². The maximum atomic E-state index is 13.9. The highest BCUT2D eigenvalue weighted by atomic mass is 79.9. The zero-order valence-electron chi connectivity index (χ0n) is 16.3. The summed E-state index contributed by atoms with van der Waals surface area (Å²) in [5.41, 5.74) is 12.4. The Balaban J connectivity index is 1.90. The second-order valence-electron chi connectivity index (χ2n) is 8.81. The Labute approximate surface area is 191 Å². The number of allylic oxidation sites excluding steroid dienone is 2. The molecule has 0 N–H and O–H groups in total. The van der Waals surface area contributed by atoms with Crippen LogP contribution in [0.5, 0.6) is 0 Å². The van der Waals surface area contributed by atoms with Crippen LogP contribution in [0.4, 0.5) is 0 Å². The van der Waals surface area contributed by atoms with Crippen molar-refractivity contribution in [3.63, 3.8) is 0 Å². The third-order valence-corrected chi connectivity index (χ3v) is 8.28. The minimum Gasteiger partial charge on any atom is -0.293 e. The molecule has 0 bridgehead atoms. The highest BCUT2D eigenvalue weighted by molar-refractivity contribution is 9.11. The molecule has 4 atom stereocenters. The lowest BCUT2D eigenvalue weighted by atomic mass is 9.50. The van der Waals surface area contributed by atoms with E-state index in [-0.39, 0.29) is 23.4 Å². The van der Waals surface area contributed by atoms with Crippen molar-refractivity contribution in [1.29, 1.82) is 0 Å². The average Bonchev–Trinajstić information content (AvgIpc) is 3.12. The van der Waals surface area contributed by atoms with Crippen molar-refractivity contribution in [1.82, 2.24) is 0 Å². The van der Waals surface area contributed by atoms with Gasteiger partial charge in [-0.15, -0.1) is 11.5 Å². The number of carbonyl (C=O) groups excluding carboxylic acids is 2. The van der Waals surface area contributed by atoms with Crippen molar-refractivity contribution in [2.45, 2.75) is 25.7 Å². The Morgan fingerprint density at radius 3 is 1.47 bits per heavy atom. The lowest BCUT2D eigenvalue weighted by Gasteiger charge is -2.50. The molecule has 0 spiro atoms. The molecule has 146 valence electrons. The number of Topliss-reactive ketones (excluding diaryl/α,β-unsaturated/α-hetero) is 2. The fourth-order valence-corrected chi connectivity index (χ4v) is 7.17. The Morgan fingerprint density at radius 2 is 1.10 bits per heavy atom. The summed E-state index contributed by atoms with van der Waals surface area (Å²) in [6, 6.07) is 11.8. The predicted molar refractivity (Wildman–Crippen MR) is 124 cm³/mol. The second kappa shape index (κ2) is 5.72. The van der Waals surface area contributed by atoms with Gasteiger partial charge in [0.2, 0.25) is 0 Å². The van der Waals surface area contributed by atoms with Crippen LogP contribution in [0.15, 0.2) is 57.8 Å². The van der Waals surface area contributed by atoms with E-state index in [1.165, 1.54) is 0 Å². The number of hydrogen-bond donors (Lipinski definition) is 0. The second-order valence-corrected chi connectivity index (χ2v) is 9.72. The molecule has 0 saturated heterocycles. The molecule has 2 aromatic carbocycles. The number of carbonyl (C=O) groups is 2. The van der Waals surface area contributed by atoms with Gasteiger partial charge in [-0.05, 0) is 36.1 Å². The number of halogens is 2. The summed E-state index contributed by atoms with van der Waals surface area (Å²) in [6.45, 7) is 4.08. The summed E-state index contributed by atoms with van der Waals surface area (Å²) in [5.74, 6) is 0.0281. The van der Waals surface area contributed by atoms with Crippen LogP contribution in [0.3, 0.4) is 0 Å². The molecule has 4 aliphatic rings. The zero-order valence-corrected chi connectivity index (χ0v) is 19.5. The first kappa shape index (κ1) is 18.5. The average molecular weight is 520 g/mol. The van der Waals surface area contributed by atoms with Crippen LogP contribution in [-0.4, -0.2) is 11.6 Å². The molecule has 30 heavy (non-hydrogen) atoms. The molecule has 6 rings (SSSR count). The lowest BCUT2D eigenvalue weighted by molar-refractivity contribution is 0.0785. The number of hydrogen-bond acceptors (Lipinski definition) is 2. The van der Waals surface area contributed by atoms with Crippen LogP contribution >= 0.6 is 31.9 Å². The fraction of sp³-hybridized carbons (Fsp3) is 0.231. The van der Waals surface area contributed by atoms with E-state index in [1.54, 1.807) is 9.97 Å². The molecule has 2 aromatic rings. The maximum Gasteiger partial charge on any atom is 0.174 e. The van der Waals surface area contributed by atoms with Gasteiger partial charge < -0.3 is 0 Å². The van der Waals surface area contributed by atoms with Crippen molar-refractivity contribution < 1.29 is 9.59 Å². The standard InChI is InChI=1S/C26H16Br2O2/c1-25-17(9-11-27)13-5-3-8-16-20(13)22-21(25)19-14(6-4-7-15(19)23(25)29)18(10-12-28)26(22,2)24(16)30/h3-8,11-12,21-22H,1-2H3/t9?,10?,21-,22-,25+,26+/m1/s1. The fourth-order valence-electron chi connectivity index (χ4n) is 6.71. The van der Waals surface area contributed by atoms with E-state index >= 15 is 0 Å².